The standard InChI is InChI=1S/C8H9F.C7H14.C3H8.H2/c1-7-5-3-2-4-6-8(7)9;1-7-5-3-2-4-6-7;1-3-2;/h2-5H,6H2,1H3;7H,2-6H2,1H3;3H2,1-2H3;1H. The van der Waals surface area contributed by atoms with Crippen LogP contribution in [0.1, 0.15) is 74.1 Å². The van der Waals surface area contributed by atoms with Gasteiger partial charge in [0.15, 0.2) is 0 Å². The van der Waals surface area contributed by atoms with E-state index in [-0.39, 0.29) is 7.25 Å². The first-order valence-electron chi connectivity index (χ1n) is 7.80. The van der Waals surface area contributed by atoms with Gasteiger partial charge in [-0.25, -0.2) is 4.39 Å². The summed E-state index contributed by atoms with van der Waals surface area (Å²) in [5.74, 6) is 1.01. The molecule has 0 saturated heterocycles. The molecule has 0 unspecified atom stereocenters. The summed E-state index contributed by atoms with van der Waals surface area (Å²) in [6.07, 6.45) is 16.4. The number of rotatable bonds is 0. The third-order valence-electron chi connectivity index (χ3n) is 3.21. The van der Waals surface area contributed by atoms with E-state index in [0.717, 1.165) is 11.5 Å². The molecule has 19 heavy (non-hydrogen) atoms. The molecule has 0 N–H and O–H groups in total. The highest BCUT2D eigenvalue weighted by molar-refractivity contribution is 5.27. The maximum Gasteiger partial charge on any atom is 0.107 e. The first-order chi connectivity index (χ1) is 9.11. The second kappa shape index (κ2) is 12.2. The van der Waals surface area contributed by atoms with Crippen molar-refractivity contribution in [2.45, 2.75) is 72.6 Å². The van der Waals surface area contributed by atoms with Crippen molar-refractivity contribution in [3.63, 3.8) is 0 Å². The Morgan fingerprint density at radius 3 is 2.21 bits per heavy atom. The Labute approximate surface area is 121 Å². The minimum absolute atomic E-state index is 0. The molecule has 112 valence electrons. The van der Waals surface area contributed by atoms with E-state index in [2.05, 4.69) is 20.8 Å². The normalized spacial score (nSPS) is 19.0. The van der Waals surface area contributed by atoms with Crippen molar-refractivity contribution in [3.05, 3.63) is 35.7 Å². The predicted molar refractivity (Wildman–Crippen MR) is 87.0 cm³/mol. The fourth-order valence-electron chi connectivity index (χ4n) is 2.01. The molecule has 0 spiro atoms. The molecular formula is C18H33F. The van der Waals surface area contributed by atoms with E-state index >= 15 is 0 Å². The quantitative estimate of drug-likeness (QED) is 0.444. The maximum absolute atomic E-state index is 12.6. The Kier molecular flexibility index (Phi) is 11.7. The van der Waals surface area contributed by atoms with Crippen LogP contribution in [0.25, 0.3) is 0 Å². The van der Waals surface area contributed by atoms with Gasteiger partial charge in [-0.2, -0.15) is 0 Å². The van der Waals surface area contributed by atoms with Crippen LogP contribution in [0.2, 0.25) is 0 Å². The lowest BCUT2D eigenvalue weighted by Crippen LogP contribution is -1.99. The average Bonchev–Trinajstić information content (AvgIpc) is 2.58. The molecule has 1 saturated carbocycles. The van der Waals surface area contributed by atoms with Crippen LogP contribution in [0.3, 0.4) is 0 Å². The number of allylic oxidation sites excluding steroid dienone is 6. The van der Waals surface area contributed by atoms with Crippen LogP contribution in [0.15, 0.2) is 35.7 Å². The highest BCUT2D eigenvalue weighted by Gasteiger charge is 2.05. The first kappa shape index (κ1) is 18.1. The van der Waals surface area contributed by atoms with Gasteiger partial charge in [0.2, 0.25) is 0 Å². The zero-order valence-corrected chi connectivity index (χ0v) is 13.2. The molecule has 0 bridgehead atoms. The van der Waals surface area contributed by atoms with Gasteiger partial charge >= 0.3 is 0 Å². The van der Waals surface area contributed by atoms with Gasteiger partial charge in [-0.3, -0.25) is 0 Å². The van der Waals surface area contributed by atoms with Gasteiger partial charge in [0.05, 0.1) is 0 Å². The molecule has 1 heteroatoms. The molecule has 1 fully saturated rings. The summed E-state index contributed by atoms with van der Waals surface area (Å²) in [4.78, 5) is 0. The van der Waals surface area contributed by atoms with Crippen LogP contribution >= 0.6 is 0 Å². The predicted octanol–water partition coefficient (Wildman–Crippen LogP) is 6.99. The molecule has 0 aromatic rings. The molecule has 0 amide bonds. The maximum atomic E-state index is 12.6. The summed E-state index contributed by atoms with van der Waals surface area (Å²) in [6.45, 7) is 8.39. The van der Waals surface area contributed by atoms with Gasteiger partial charge in [-0.05, 0) is 18.4 Å². The molecule has 2 aliphatic carbocycles. The van der Waals surface area contributed by atoms with Crippen LogP contribution < -0.4 is 0 Å². The summed E-state index contributed by atoms with van der Waals surface area (Å²) >= 11 is 0. The topological polar surface area (TPSA) is 0 Å². The summed E-state index contributed by atoms with van der Waals surface area (Å²) in [5, 5.41) is 0. The minimum Gasteiger partial charge on any atom is -0.211 e. The van der Waals surface area contributed by atoms with Crippen molar-refractivity contribution in [2.75, 3.05) is 0 Å². The van der Waals surface area contributed by atoms with Crippen LogP contribution in [0.4, 0.5) is 4.39 Å². The van der Waals surface area contributed by atoms with E-state index in [9.17, 15) is 4.39 Å². The molecule has 0 aliphatic heterocycles. The summed E-state index contributed by atoms with van der Waals surface area (Å²) < 4.78 is 12.6. The van der Waals surface area contributed by atoms with Crippen molar-refractivity contribution in [1.82, 2.24) is 0 Å². The van der Waals surface area contributed by atoms with E-state index in [1.165, 1.54) is 38.5 Å². The van der Waals surface area contributed by atoms with Gasteiger partial charge in [-0.1, -0.05) is 83.6 Å². The van der Waals surface area contributed by atoms with Crippen LogP contribution in [0.5, 0.6) is 0 Å². The Bertz CT molecular complexity index is 297. The van der Waals surface area contributed by atoms with E-state index in [4.69, 9.17) is 0 Å². The molecule has 0 aromatic carbocycles. The third kappa shape index (κ3) is 10.7. The monoisotopic (exact) mass is 268 g/mol. The lowest BCUT2D eigenvalue weighted by atomic mass is 9.91. The highest BCUT2D eigenvalue weighted by atomic mass is 19.1. The fourth-order valence-corrected chi connectivity index (χ4v) is 2.01. The Morgan fingerprint density at radius 1 is 1.16 bits per heavy atom. The van der Waals surface area contributed by atoms with Gasteiger partial charge in [0.1, 0.15) is 5.83 Å². The van der Waals surface area contributed by atoms with Crippen molar-refractivity contribution in [2.24, 2.45) is 5.92 Å². The second-order valence-corrected chi connectivity index (χ2v) is 5.53. The number of hydrogen-bond donors (Lipinski definition) is 0. The van der Waals surface area contributed by atoms with Gasteiger partial charge in [-0.15, -0.1) is 0 Å². The van der Waals surface area contributed by atoms with Crippen LogP contribution in [-0.2, 0) is 0 Å². The minimum atomic E-state index is -0.0278. The van der Waals surface area contributed by atoms with E-state index in [1.807, 2.05) is 18.2 Å². The molecule has 0 heterocycles. The Hall–Kier alpha value is -0.850. The lowest BCUT2D eigenvalue weighted by Gasteiger charge is -2.15. The Morgan fingerprint density at radius 2 is 1.74 bits per heavy atom. The van der Waals surface area contributed by atoms with Crippen molar-refractivity contribution >= 4 is 0 Å². The zero-order valence-electron chi connectivity index (χ0n) is 13.2. The van der Waals surface area contributed by atoms with Crippen molar-refractivity contribution < 1.29 is 5.82 Å². The Balaban J connectivity index is 0. The molecule has 0 nitrogen and oxygen atoms in total. The fraction of sp³-hybridized carbons (Fsp3) is 0.667. The molecule has 0 aromatic heterocycles. The SMILES string of the molecule is CC1=C(F)CC=CC=C1.CC1CCCCC1.CCC.[HH]. The van der Waals surface area contributed by atoms with Crippen LogP contribution in [-0.4, -0.2) is 0 Å². The van der Waals surface area contributed by atoms with Gasteiger partial charge < -0.3 is 0 Å². The van der Waals surface area contributed by atoms with E-state index in [0.29, 0.717) is 6.42 Å². The zero-order chi connectivity index (χ0) is 14.5. The number of hydrogen-bond acceptors (Lipinski definition) is 0. The van der Waals surface area contributed by atoms with Crippen LogP contribution in [0, 0.1) is 5.92 Å². The second-order valence-electron chi connectivity index (χ2n) is 5.53. The number of halogens is 1. The van der Waals surface area contributed by atoms with E-state index in [1.54, 1.807) is 13.0 Å². The largest absolute Gasteiger partial charge is 0.211 e. The molecule has 0 atom stereocenters. The molecule has 2 rings (SSSR count). The van der Waals surface area contributed by atoms with E-state index < -0.39 is 0 Å². The highest BCUT2D eigenvalue weighted by Crippen LogP contribution is 2.22. The van der Waals surface area contributed by atoms with Gasteiger partial charge in [0, 0.05) is 7.85 Å². The first-order valence-corrected chi connectivity index (χ1v) is 7.80. The average molecular weight is 268 g/mol. The summed E-state index contributed by atoms with van der Waals surface area (Å²) in [7, 11) is 0. The van der Waals surface area contributed by atoms with Crippen molar-refractivity contribution in [1.29, 1.82) is 0 Å². The molecular weight excluding hydrogens is 235 g/mol. The van der Waals surface area contributed by atoms with Crippen molar-refractivity contribution in [3.8, 4) is 0 Å². The summed E-state index contributed by atoms with van der Waals surface area (Å²) in [6, 6.07) is 0. The van der Waals surface area contributed by atoms with Gasteiger partial charge in [0.25, 0.3) is 0 Å². The smallest absolute Gasteiger partial charge is 0.107 e. The summed E-state index contributed by atoms with van der Waals surface area (Å²) in [5.41, 5.74) is 0.736. The molecule has 2 aliphatic rings. The molecule has 0 radical (unpaired) electrons. The lowest BCUT2D eigenvalue weighted by molar-refractivity contribution is 0.385. The third-order valence-corrected chi connectivity index (χ3v) is 3.21.